The highest BCUT2D eigenvalue weighted by Crippen LogP contribution is 2.32. The molecular weight excluding hydrogens is 485 g/mol. The van der Waals surface area contributed by atoms with Crippen LogP contribution in [0.2, 0.25) is 0 Å². The number of aliphatic hydroxyl groups is 1. The van der Waals surface area contributed by atoms with Crippen LogP contribution in [0.1, 0.15) is 40.8 Å². The summed E-state index contributed by atoms with van der Waals surface area (Å²) in [6, 6.07) is 13.7. The Kier molecular flexibility index (Phi) is 9.12. The molecule has 0 unspecified atom stereocenters. The number of hydrogen-bond acceptors (Lipinski definition) is 6. The van der Waals surface area contributed by atoms with Gasteiger partial charge in [-0.25, -0.2) is 4.98 Å². The first-order valence-corrected chi connectivity index (χ1v) is 11.8. The molecule has 0 fully saturated rings. The molecule has 1 aromatic heterocycles. The lowest BCUT2D eigenvalue weighted by atomic mass is 10.0. The minimum atomic E-state index is -4.59. The van der Waals surface area contributed by atoms with Crippen LogP contribution >= 0.6 is 0 Å². The predicted octanol–water partition coefficient (Wildman–Crippen LogP) is 3.84. The fourth-order valence-electron chi connectivity index (χ4n) is 3.94. The Morgan fingerprint density at radius 3 is 2.51 bits per heavy atom. The zero-order valence-electron chi connectivity index (χ0n) is 20.7. The van der Waals surface area contributed by atoms with Gasteiger partial charge in [-0.3, -0.25) is 4.79 Å². The average Bonchev–Trinajstić information content (AvgIpc) is 2.82. The predicted molar refractivity (Wildman–Crippen MR) is 135 cm³/mol. The minimum absolute atomic E-state index is 0.0404. The summed E-state index contributed by atoms with van der Waals surface area (Å²) in [6.45, 7) is 2.26. The summed E-state index contributed by atoms with van der Waals surface area (Å²) in [5.74, 6) is -0.379. The van der Waals surface area contributed by atoms with Crippen LogP contribution in [-0.2, 0) is 30.4 Å². The first-order chi connectivity index (χ1) is 17.4. The standard InChI is InChI=1S/C27H31F3N4O3/c1-17(32-15-24(36)21-6-7-25(31)33-14-21)8-18-4-3-5-19(9-18)12-26(37)34(2)16-20-10-22(27(28,29)30)13-23(35)11-20/h3-7,9-11,13-14,17,24,32,35-36H,8,12,15-16H2,1-2H3,(H2,31,33)/t17-,24+/m1/s1. The molecule has 1 heterocycles. The number of pyridine rings is 1. The number of halogens is 3. The molecule has 0 spiro atoms. The van der Waals surface area contributed by atoms with Crippen LogP contribution in [-0.4, -0.2) is 45.6 Å². The van der Waals surface area contributed by atoms with Crippen molar-refractivity contribution in [3.05, 3.63) is 88.6 Å². The highest BCUT2D eigenvalue weighted by Gasteiger charge is 2.31. The molecule has 1 amide bonds. The lowest BCUT2D eigenvalue weighted by molar-refractivity contribution is -0.137. The number of likely N-dealkylation sites (N-methyl/N-ethyl adjacent to an activating group) is 1. The van der Waals surface area contributed by atoms with Gasteiger partial charge < -0.3 is 26.2 Å². The van der Waals surface area contributed by atoms with E-state index in [9.17, 15) is 28.2 Å². The molecule has 0 bridgehead atoms. The molecule has 0 saturated carbocycles. The molecule has 0 aliphatic rings. The molecule has 7 nitrogen and oxygen atoms in total. The molecule has 0 aliphatic carbocycles. The molecule has 3 aromatic rings. The Bertz CT molecular complexity index is 1200. The summed E-state index contributed by atoms with van der Waals surface area (Å²) in [5.41, 5.74) is 7.25. The van der Waals surface area contributed by atoms with Gasteiger partial charge in [0.1, 0.15) is 11.6 Å². The number of rotatable bonds is 10. The number of phenolic OH excluding ortho intramolecular Hbond substituents is 1. The summed E-state index contributed by atoms with van der Waals surface area (Å²) in [5, 5.41) is 23.3. The third-order valence-electron chi connectivity index (χ3n) is 5.89. The van der Waals surface area contributed by atoms with Crippen LogP contribution in [0.5, 0.6) is 5.75 Å². The molecule has 5 N–H and O–H groups in total. The number of anilines is 1. The number of carbonyl (C=O) groups excluding carboxylic acids is 1. The third kappa shape index (κ3) is 8.47. The van der Waals surface area contributed by atoms with E-state index in [0.29, 0.717) is 30.4 Å². The number of nitrogens with one attached hydrogen (secondary N) is 1. The van der Waals surface area contributed by atoms with Crippen molar-refractivity contribution in [3.8, 4) is 5.75 Å². The van der Waals surface area contributed by atoms with Gasteiger partial charge in [0.2, 0.25) is 5.91 Å². The summed E-state index contributed by atoms with van der Waals surface area (Å²) in [4.78, 5) is 18.1. The highest BCUT2D eigenvalue weighted by molar-refractivity contribution is 5.78. The van der Waals surface area contributed by atoms with E-state index in [1.54, 1.807) is 18.3 Å². The van der Waals surface area contributed by atoms with Crippen LogP contribution < -0.4 is 11.1 Å². The van der Waals surface area contributed by atoms with E-state index in [1.807, 2.05) is 31.2 Å². The maximum Gasteiger partial charge on any atom is 0.416 e. The summed E-state index contributed by atoms with van der Waals surface area (Å²) >= 11 is 0. The second kappa shape index (κ2) is 12.1. The van der Waals surface area contributed by atoms with Gasteiger partial charge in [0.15, 0.2) is 0 Å². The van der Waals surface area contributed by atoms with Crippen molar-refractivity contribution in [2.24, 2.45) is 0 Å². The van der Waals surface area contributed by atoms with E-state index in [1.165, 1.54) is 18.0 Å². The Morgan fingerprint density at radius 2 is 1.84 bits per heavy atom. The van der Waals surface area contributed by atoms with Gasteiger partial charge in [0.05, 0.1) is 18.1 Å². The zero-order valence-corrected chi connectivity index (χ0v) is 20.7. The van der Waals surface area contributed by atoms with Crippen molar-refractivity contribution < 1.29 is 28.2 Å². The Balaban J connectivity index is 1.54. The van der Waals surface area contributed by atoms with Gasteiger partial charge in [-0.2, -0.15) is 13.2 Å². The van der Waals surface area contributed by atoms with E-state index in [4.69, 9.17) is 5.73 Å². The van der Waals surface area contributed by atoms with Gasteiger partial charge in [-0.1, -0.05) is 30.3 Å². The molecule has 0 saturated heterocycles. The van der Waals surface area contributed by atoms with Crippen LogP contribution in [0.3, 0.4) is 0 Å². The van der Waals surface area contributed by atoms with E-state index in [-0.39, 0.29) is 30.5 Å². The molecule has 10 heteroatoms. The quantitative estimate of drug-likeness (QED) is 0.326. The van der Waals surface area contributed by atoms with Crippen molar-refractivity contribution in [3.63, 3.8) is 0 Å². The number of nitrogen functional groups attached to an aromatic ring is 1. The minimum Gasteiger partial charge on any atom is -0.508 e. The van der Waals surface area contributed by atoms with Crippen molar-refractivity contribution in [1.29, 1.82) is 0 Å². The number of nitrogens with two attached hydrogens (primary N) is 1. The molecule has 37 heavy (non-hydrogen) atoms. The number of nitrogens with zero attached hydrogens (tertiary/aromatic N) is 2. The Labute approximate surface area is 213 Å². The first-order valence-electron chi connectivity index (χ1n) is 11.8. The number of amides is 1. The van der Waals surface area contributed by atoms with Crippen LogP contribution in [0, 0.1) is 0 Å². The zero-order chi connectivity index (χ0) is 27.2. The average molecular weight is 517 g/mol. The van der Waals surface area contributed by atoms with Crippen LogP contribution in [0.25, 0.3) is 0 Å². The van der Waals surface area contributed by atoms with Crippen molar-refractivity contribution in [2.75, 3.05) is 19.3 Å². The Hall–Kier alpha value is -3.63. The van der Waals surface area contributed by atoms with E-state index in [2.05, 4.69) is 10.3 Å². The fraction of sp³-hybridized carbons (Fsp3) is 0.333. The second-order valence-corrected chi connectivity index (χ2v) is 9.18. The third-order valence-corrected chi connectivity index (χ3v) is 5.89. The largest absolute Gasteiger partial charge is 0.508 e. The lowest BCUT2D eigenvalue weighted by Gasteiger charge is -2.19. The van der Waals surface area contributed by atoms with Crippen molar-refractivity contribution in [1.82, 2.24) is 15.2 Å². The first kappa shape index (κ1) is 27.9. The van der Waals surface area contributed by atoms with E-state index in [0.717, 1.165) is 17.2 Å². The fourth-order valence-corrected chi connectivity index (χ4v) is 3.94. The molecule has 2 atom stereocenters. The SMILES string of the molecule is C[C@H](Cc1cccc(CC(=O)N(C)Cc2cc(O)cc(C(F)(F)F)c2)c1)NC[C@H](O)c1ccc(N)nc1. The maximum atomic E-state index is 13.0. The number of hydrogen-bond donors (Lipinski definition) is 4. The van der Waals surface area contributed by atoms with Gasteiger partial charge in [0, 0.05) is 37.9 Å². The van der Waals surface area contributed by atoms with Gasteiger partial charge >= 0.3 is 6.18 Å². The number of aliphatic hydroxyl groups excluding tert-OH is 1. The molecule has 0 radical (unpaired) electrons. The number of benzene rings is 2. The number of aromatic hydroxyl groups is 1. The van der Waals surface area contributed by atoms with Gasteiger partial charge in [-0.05, 0) is 54.3 Å². The summed E-state index contributed by atoms with van der Waals surface area (Å²) in [6.07, 6.45) is -3.03. The number of carbonyl (C=O) groups is 1. The Morgan fingerprint density at radius 1 is 1.11 bits per heavy atom. The van der Waals surface area contributed by atoms with Gasteiger partial charge in [-0.15, -0.1) is 0 Å². The van der Waals surface area contributed by atoms with Crippen LogP contribution in [0.4, 0.5) is 19.0 Å². The van der Waals surface area contributed by atoms with Crippen molar-refractivity contribution >= 4 is 11.7 Å². The van der Waals surface area contributed by atoms with Crippen molar-refractivity contribution in [2.45, 2.75) is 44.6 Å². The monoisotopic (exact) mass is 516 g/mol. The topological polar surface area (TPSA) is 112 Å². The normalized spacial score (nSPS) is 13.2. The lowest BCUT2D eigenvalue weighted by Crippen LogP contribution is -2.32. The highest BCUT2D eigenvalue weighted by atomic mass is 19.4. The molecule has 3 rings (SSSR count). The number of alkyl halides is 3. The van der Waals surface area contributed by atoms with E-state index < -0.39 is 23.6 Å². The maximum absolute atomic E-state index is 13.0. The number of phenols is 1. The second-order valence-electron chi connectivity index (χ2n) is 9.18. The smallest absolute Gasteiger partial charge is 0.416 e. The van der Waals surface area contributed by atoms with Gasteiger partial charge in [0.25, 0.3) is 0 Å². The molecular formula is C27H31F3N4O3. The summed E-state index contributed by atoms with van der Waals surface area (Å²) < 4.78 is 39.1. The van der Waals surface area contributed by atoms with Crippen LogP contribution in [0.15, 0.2) is 60.8 Å². The molecule has 2 aromatic carbocycles. The summed E-state index contributed by atoms with van der Waals surface area (Å²) in [7, 11) is 1.51. The molecule has 198 valence electrons. The van der Waals surface area contributed by atoms with E-state index >= 15 is 0 Å². The number of aromatic nitrogens is 1. The molecule has 0 aliphatic heterocycles.